The molecule has 1 atom stereocenters. The first-order valence-corrected chi connectivity index (χ1v) is 8.11. The molecule has 1 unspecified atom stereocenters. The van der Waals surface area contributed by atoms with E-state index in [2.05, 4.69) is 33.0 Å². The quantitative estimate of drug-likeness (QED) is 0.848. The Balaban J connectivity index is 2.07. The van der Waals surface area contributed by atoms with Crippen LogP contribution in [-0.2, 0) is 12.8 Å². The van der Waals surface area contributed by atoms with E-state index in [1.165, 1.54) is 36.3 Å². The summed E-state index contributed by atoms with van der Waals surface area (Å²) in [7, 11) is 0. The maximum Gasteiger partial charge on any atom is 0.183 e. The molecule has 1 aromatic rings. The lowest BCUT2D eigenvalue weighted by Gasteiger charge is -2.35. The van der Waals surface area contributed by atoms with E-state index in [0.29, 0.717) is 5.41 Å². The van der Waals surface area contributed by atoms with Gasteiger partial charge in [0.25, 0.3) is 0 Å². The zero-order valence-corrected chi connectivity index (χ0v) is 13.0. The third kappa shape index (κ3) is 2.87. The average Bonchev–Trinajstić information content (AvgIpc) is 2.77. The summed E-state index contributed by atoms with van der Waals surface area (Å²) in [5, 5.41) is 4.56. The maximum atomic E-state index is 4.74. The fourth-order valence-corrected chi connectivity index (χ4v) is 3.75. The van der Waals surface area contributed by atoms with Crippen LogP contribution in [0.4, 0.5) is 5.13 Å². The monoisotopic (exact) mass is 266 g/mol. The topological polar surface area (TPSA) is 24.9 Å². The van der Waals surface area contributed by atoms with Crippen LogP contribution < -0.4 is 5.32 Å². The highest BCUT2D eigenvalue weighted by Crippen LogP contribution is 2.41. The van der Waals surface area contributed by atoms with Gasteiger partial charge in [0.05, 0.1) is 5.69 Å². The summed E-state index contributed by atoms with van der Waals surface area (Å²) in [5.41, 5.74) is 1.83. The molecule has 2 nitrogen and oxygen atoms in total. The number of fused-ring (bicyclic) bond motifs is 1. The Hall–Kier alpha value is -0.570. The van der Waals surface area contributed by atoms with E-state index < -0.39 is 0 Å². The molecule has 1 aliphatic rings. The van der Waals surface area contributed by atoms with Crippen LogP contribution in [0.5, 0.6) is 0 Å². The summed E-state index contributed by atoms with van der Waals surface area (Å²) in [6.45, 7) is 10.4. The minimum Gasteiger partial charge on any atom is -0.362 e. The van der Waals surface area contributed by atoms with Crippen molar-refractivity contribution in [1.29, 1.82) is 0 Å². The van der Waals surface area contributed by atoms with Crippen molar-refractivity contribution in [2.45, 2.75) is 59.8 Å². The number of rotatable bonds is 5. The Bertz CT molecular complexity index is 395. The Kier molecular flexibility index (Phi) is 4.31. The first kappa shape index (κ1) is 13.9. The number of thiazole rings is 1. The van der Waals surface area contributed by atoms with Crippen molar-refractivity contribution in [2.24, 2.45) is 11.3 Å². The molecule has 1 N–H and O–H groups in total. The van der Waals surface area contributed by atoms with Gasteiger partial charge in [0.1, 0.15) is 0 Å². The molecule has 0 saturated carbocycles. The number of anilines is 1. The number of hydrogen-bond donors (Lipinski definition) is 1. The summed E-state index contributed by atoms with van der Waals surface area (Å²) < 4.78 is 0. The van der Waals surface area contributed by atoms with Gasteiger partial charge in [0.2, 0.25) is 0 Å². The van der Waals surface area contributed by atoms with Crippen molar-refractivity contribution in [3.05, 3.63) is 10.6 Å². The number of nitrogens with one attached hydrogen (secondary N) is 1. The highest BCUT2D eigenvalue weighted by molar-refractivity contribution is 7.15. The first-order valence-electron chi connectivity index (χ1n) is 7.29. The van der Waals surface area contributed by atoms with E-state index in [1.807, 2.05) is 11.3 Å². The van der Waals surface area contributed by atoms with Crippen LogP contribution >= 0.6 is 11.3 Å². The van der Waals surface area contributed by atoms with Gasteiger partial charge in [-0.05, 0) is 37.0 Å². The lowest BCUT2D eigenvalue weighted by molar-refractivity contribution is 0.183. The van der Waals surface area contributed by atoms with E-state index in [9.17, 15) is 0 Å². The highest BCUT2D eigenvalue weighted by atomic mass is 32.1. The fraction of sp³-hybridized carbons (Fsp3) is 0.800. The molecule has 0 aromatic carbocycles. The molecular formula is C15H26N2S. The van der Waals surface area contributed by atoms with Crippen molar-refractivity contribution < 1.29 is 0 Å². The summed E-state index contributed by atoms with van der Waals surface area (Å²) in [4.78, 5) is 6.27. The van der Waals surface area contributed by atoms with Crippen molar-refractivity contribution in [3.63, 3.8) is 0 Å². The van der Waals surface area contributed by atoms with Crippen LogP contribution in [0.2, 0.25) is 0 Å². The highest BCUT2D eigenvalue weighted by Gasteiger charge is 2.32. The van der Waals surface area contributed by atoms with Gasteiger partial charge in [-0.25, -0.2) is 4.98 Å². The van der Waals surface area contributed by atoms with Gasteiger partial charge in [-0.3, -0.25) is 0 Å². The second-order valence-electron chi connectivity index (χ2n) is 6.10. The first-order chi connectivity index (χ1) is 8.56. The second-order valence-corrected chi connectivity index (χ2v) is 7.18. The van der Waals surface area contributed by atoms with Crippen LogP contribution in [0.25, 0.3) is 0 Å². The molecule has 0 aliphatic heterocycles. The minimum absolute atomic E-state index is 0.471. The zero-order valence-electron chi connectivity index (χ0n) is 12.2. The molecule has 0 radical (unpaired) electrons. The van der Waals surface area contributed by atoms with Crippen LogP contribution in [0, 0.1) is 11.3 Å². The van der Waals surface area contributed by atoms with Crippen molar-refractivity contribution >= 4 is 16.5 Å². The van der Waals surface area contributed by atoms with Gasteiger partial charge in [-0.1, -0.05) is 34.1 Å². The number of aryl methyl sites for hydroxylation is 1. The number of hydrogen-bond acceptors (Lipinski definition) is 3. The van der Waals surface area contributed by atoms with E-state index in [-0.39, 0.29) is 0 Å². The van der Waals surface area contributed by atoms with Crippen LogP contribution in [-0.4, -0.2) is 11.5 Å². The molecule has 1 aliphatic carbocycles. The average molecular weight is 266 g/mol. The third-order valence-corrected chi connectivity index (χ3v) is 5.56. The molecule has 102 valence electrons. The fourth-order valence-electron chi connectivity index (χ4n) is 2.64. The molecule has 2 rings (SSSR count). The van der Waals surface area contributed by atoms with Crippen LogP contribution in [0.15, 0.2) is 0 Å². The minimum atomic E-state index is 0.471. The van der Waals surface area contributed by atoms with Gasteiger partial charge in [0.15, 0.2) is 5.13 Å². The smallest absolute Gasteiger partial charge is 0.183 e. The molecule has 0 spiro atoms. The molecule has 18 heavy (non-hydrogen) atoms. The Labute approximate surface area is 115 Å². The van der Waals surface area contributed by atoms with Crippen molar-refractivity contribution in [3.8, 4) is 0 Å². The zero-order chi connectivity index (χ0) is 13.2. The van der Waals surface area contributed by atoms with Gasteiger partial charge >= 0.3 is 0 Å². The number of aromatic nitrogens is 1. The Morgan fingerprint density at radius 3 is 2.83 bits per heavy atom. The number of nitrogens with zero attached hydrogens (tertiary/aromatic N) is 1. The maximum absolute atomic E-state index is 4.74. The molecule has 1 aromatic heterocycles. The predicted octanol–water partition coefficient (Wildman–Crippen LogP) is 4.51. The lowest BCUT2D eigenvalue weighted by Crippen LogP contribution is -2.28. The summed E-state index contributed by atoms with van der Waals surface area (Å²) in [6, 6.07) is 0. The van der Waals surface area contributed by atoms with E-state index in [1.54, 1.807) is 0 Å². The lowest BCUT2D eigenvalue weighted by atomic mass is 9.70. The molecule has 0 fully saturated rings. The van der Waals surface area contributed by atoms with Gasteiger partial charge in [-0.15, -0.1) is 11.3 Å². The summed E-state index contributed by atoms with van der Waals surface area (Å²) >= 11 is 1.88. The summed E-state index contributed by atoms with van der Waals surface area (Å²) in [6.07, 6.45) is 6.16. The molecule has 1 heterocycles. The van der Waals surface area contributed by atoms with Gasteiger partial charge in [0, 0.05) is 11.4 Å². The molecular weight excluding hydrogens is 240 g/mol. The van der Waals surface area contributed by atoms with Gasteiger partial charge in [-0.2, -0.15) is 0 Å². The second kappa shape index (κ2) is 5.60. The van der Waals surface area contributed by atoms with Crippen molar-refractivity contribution in [2.75, 3.05) is 11.9 Å². The van der Waals surface area contributed by atoms with Crippen LogP contribution in [0.1, 0.15) is 57.5 Å². The molecule has 0 bridgehead atoms. The largest absolute Gasteiger partial charge is 0.362 e. The van der Waals surface area contributed by atoms with Crippen LogP contribution in [0.3, 0.4) is 0 Å². The van der Waals surface area contributed by atoms with E-state index in [0.717, 1.165) is 24.0 Å². The Morgan fingerprint density at radius 1 is 1.39 bits per heavy atom. The molecule has 3 heteroatoms. The summed E-state index contributed by atoms with van der Waals surface area (Å²) in [5.74, 6) is 0.828. The SMILES string of the molecule is CCCNc1nc2c(s1)CC(C(C)(C)CC)CC2. The third-order valence-electron chi connectivity index (χ3n) is 4.48. The molecule has 0 saturated heterocycles. The Morgan fingerprint density at radius 2 is 2.17 bits per heavy atom. The van der Waals surface area contributed by atoms with Crippen molar-refractivity contribution in [1.82, 2.24) is 4.98 Å². The standard InChI is InChI=1S/C15H26N2S/c1-5-9-16-14-17-12-8-7-11(10-13(12)18-14)15(3,4)6-2/h11H,5-10H2,1-4H3,(H,16,17). The normalized spacial score (nSPS) is 19.7. The predicted molar refractivity (Wildman–Crippen MR) is 80.5 cm³/mol. The van der Waals surface area contributed by atoms with E-state index >= 15 is 0 Å². The molecule has 0 amide bonds. The van der Waals surface area contributed by atoms with Gasteiger partial charge < -0.3 is 5.32 Å². The van der Waals surface area contributed by atoms with E-state index in [4.69, 9.17) is 4.98 Å².